The van der Waals surface area contributed by atoms with Gasteiger partial charge in [0, 0.05) is 37.6 Å². The number of carbonyl (C=O) groups excluding carboxylic acids is 2. The zero-order valence-electron chi connectivity index (χ0n) is 13.8. The topological polar surface area (TPSA) is 120 Å². The van der Waals surface area contributed by atoms with Gasteiger partial charge in [0.25, 0.3) is 11.6 Å². The number of rotatable bonds is 7. The lowest BCUT2D eigenvalue weighted by atomic mass is 10.2. The minimum Gasteiger partial charge on any atom is -0.482 e. The number of aromatic nitrogens is 2. The molecule has 0 aliphatic carbocycles. The predicted molar refractivity (Wildman–Crippen MR) is 90.8 cm³/mol. The first-order chi connectivity index (χ1) is 12.5. The number of anilines is 1. The Labute approximate surface area is 148 Å². The van der Waals surface area contributed by atoms with Crippen molar-refractivity contribution < 1.29 is 19.2 Å². The van der Waals surface area contributed by atoms with Crippen LogP contribution in [0.4, 0.5) is 11.4 Å². The average molecular weight is 359 g/mol. The second kappa shape index (κ2) is 7.64. The number of carbonyl (C=O) groups is 2. The summed E-state index contributed by atoms with van der Waals surface area (Å²) in [6.45, 7) is 0.660. The second-order valence-corrected chi connectivity index (χ2v) is 5.65. The molecular weight excluding hydrogens is 342 g/mol. The molecule has 0 spiro atoms. The molecule has 0 bridgehead atoms. The molecule has 1 aliphatic heterocycles. The summed E-state index contributed by atoms with van der Waals surface area (Å²) in [5, 5.41) is 17.7. The van der Waals surface area contributed by atoms with Crippen LogP contribution in [0.2, 0.25) is 0 Å². The van der Waals surface area contributed by atoms with Crippen molar-refractivity contribution in [2.45, 2.75) is 13.0 Å². The zero-order valence-corrected chi connectivity index (χ0v) is 13.8. The number of nitrogens with zero attached hydrogens (tertiary/aromatic N) is 4. The van der Waals surface area contributed by atoms with Crippen LogP contribution in [-0.2, 0) is 16.1 Å². The van der Waals surface area contributed by atoms with E-state index < -0.39 is 10.8 Å². The SMILES string of the molecule is O=C(CN1C(=O)COc2ccc([N+](=O)[O-])cc21)NCCCn1cccn1. The smallest absolute Gasteiger partial charge is 0.271 e. The molecule has 1 N–H and O–H groups in total. The fourth-order valence-electron chi connectivity index (χ4n) is 2.58. The van der Waals surface area contributed by atoms with Crippen molar-refractivity contribution in [3.63, 3.8) is 0 Å². The minimum atomic E-state index is -0.563. The number of nitro groups is 1. The summed E-state index contributed by atoms with van der Waals surface area (Å²) < 4.78 is 7.02. The molecule has 3 rings (SSSR count). The van der Waals surface area contributed by atoms with Crippen LogP contribution in [0.15, 0.2) is 36.7 Å². The van der Waals surface area contributed by atoms with Gasteiger partial charge >= 0.3 is 0 Å². The highest BCUT2D eigenvalue weighted by Gasteiger charge is 2.29. The van der Waals surface area contributed by atoms with Gasteiger partial charge in [0.1, 0.15) is 12.3 Å². The van der Waals surface area contributed by atoms with E-state index in [2.05, 4.69) is 10.4 Å². The molecule has 0 unspecified atom stereocenters. The van der Waals surface area contributed by atoms with Gasteiger partial charge in [-0.2, -0.15) is 5.10 Å². The molecular formula is C16H17N5O5. The summed E-state index contributed by atoms with van der Waals surface area (Å²) in [6.07, 6.45) is 4.20. The Balaban J connectivity index is 1.60. The molecule has 2 heterocycles. The third-order valence-electron chi connectivity index (χ3n) is 3.84. The van der Waals surface area contributed by atoms with Gasteiger partial charge in [-0.05, 0) is 18.6 Å². The summed E-state index contributed by atoms with van der Waals surface area (Å²) in [4.78, 5) is 35.8. The van der Waals surface area contributed by atoms with E-state index in [1.807, 2.05) is 12.3 Å². The number of nitro benzene ring substituents is 1. The minimum absolute atomic E-state index is 0.174. The number of amides is 2. The summed E-state index contributed by atoms with van der Waals surface area (Å²) in [6, 6.07) is 5.77. The van der Waals surface area contributed by atoms with Crippen LogP contribution in [-0.4, -0.2) is 46.2 Å². The van der Waals surface area contributed by atoms with Crippen molar-refractivity contribution in [1.29, 1.82) is 0 Å². The summed E-state index contributed by atoms with van der Waals surface area (Å²) in [7, 11) is 0. The average Bonchev–Trinajstić information content (AvgIpc) is 3.14. The first-order valence-corrected chi connectivity index (χ1v) is 8.00. The van der Waals surface area contributed by atoms with Crippen LogP contribution in [0.5, 0.6) is 5.75 Å². The van der Waals surface area contributed by atoms with Crippen molar-refractivity contribution >= 4 is 23.2 Å². The van der Waals surface area contributed by atoms with Crippen molar-refractivity contribution in [1.82, 2.24) is 15.1 Å². The molecule has 26 heavy (non-hydrogen) atoms. The van der Waals surface area contributed by atoms with Crippen molar-refractivity contribution in [2.24, 2.45) is 0 Å². The Morgan fingerprint density at radius 3 is 3.00 bits per heavy atom. The molecule has 10 nitrogen and oxygen atoms in total. The molecule has 0 fully saturated rings. The molecule has 2 aromatic rings. The Bertz CT molecular complexity index is 820. The molecule has 136 valence electrons. The summed E-state index contributed by atoms with van der Waals surface area (Å²) in [5.41, 5.74) is 0.0498. The molecule has 1 aromatic heterocycles. The number of hydrogen-bond acceptors (Lipinski definition) is 6. The third-order valence-corrected chi connectivity index (χ3v) is 3.84. The standard InChI is InChI=1S/C16H17N5O5/c22-15(17-5-1-7-19-8-2-6-18-19)10-20-13-9-12(21(24)25)3-4-14(13)26-11-16(20)23/h2-4,6,8-9H,1,5,7,10-11H2,(H,17,22). The molecule has 0 saturated carbocycles. The maximum atomic E-state index is 12.1. The highest BCUT2D eigenvalue weighted by atomic mass is 16.6. The maximum Gasteiger partial charge on any atom is 0.271 e. The van der Waals surface area contributed by atoms with E-state index in [1.54, 1.807) is 10.9 Å². The fraction of sp³-hybridized carbons (Fsp3) is 0.312. The number of benzene rings is 1. The highest BCUT2D eigenvalue weighted by molar-refractivity contribution is 6.02. The monoisotopic (exact) mass is 359 g/mol. The third kappa shape index (κ3) is 3.97. The van der Waals surface area contributed by atoms with E-state index in [0.717, 1.165) is 0 Å². The normalized spacial score (nSPS) is 13.1. The zero-order chi connectivity index (χ0) is 18.5. The van der Waals surface area contributed by atoms with Crippen molar-refractivity contribution in [3.05, 3.63) is 46.8 Å². The van der Waals surface area contributed by atoms with Gasteiger partial charge in [0.2, 0.25) is 5.91 Å². The quantitative estimate of drug-likeness (QED) is 0.442. The van der Waals surface area contributed by atoms with Crippen molar-refractivity contribution in [3.8, 4) is 5.75 Å². The van der Waals surface area contributed by atoms with E-state index in [0.29, 0.717) is 25.3 Å². The lowest BCUT2D eigenvalue weighted by Crippen LogP contribution is -2.45. The van der Waals surface area contributed by atoms with Gasteiger partial charge in [-0.3, -0.25) is 29.3 Å². The predicted octanol–water partition coefficient (Wildman–Crippen LogP) is 0.723. The fourth-order valence-corrected chi connectivity index (χ4v) is 2.58. The first kappa shape index (κ1) is 17.4. The molecule has 1 aromatic carbocycles. The van der Waals surface area contributed by atoms with Gasteiger partial charge in [-0.25, -0.2) is 0 Å². The largest absolute Gasteiger partial charge is 0.482 e. The molecule has 10 heteroatoms. The van der Waals surface area contributed by atoms with E-state index in [9.17, 15) is 19.7 Å². The number of ether oxygens (including phenoxy) is 1. The maximum absolute atomic E-state index is 12.1. The van der Waals surface area contributed by atoms with Gasteiger partial charge < -0.3 is 10.1 Å². The lowest BCUT2D eigenvalue weighted by Gasteiger charge is -2.28. The summed E-state index contributed by atoms with van der Waals surface area (Å²) in [5.74, 6) is -0.440. The molecule has 0 atom stereocenters. The van der Waals surface area contributed by atoms with Gasteiger partial charge in [-0.1, -0.05) is 0 Å². The lowest BCUT2D eigenvalue weighted by molar-refractivity contribution is -0.384. The Kier molecular flexibility index (Phi) is 5.11. The van der Waals surface area contributed by atoms with Crippen LogP contribution < -0.4 is 15.0 Å². The Morgan fingerprint density at radius 2 is 2.27 bits per heavy atom. The number of non-ortho nitro benzene ring substituents is 1. The number of fused-ring (bicyclic) bond motifs is 1. The van der Waals surface area contributed by atoms with Crippen LogP contribution in [0.3, 0.4) is 0 Å². The van der Waals surface area contributed by atoms with E-state index >= 15 is 0 Å². The number of nitrogens with one attached hydrogen (secondary N) is 1. The molecule has 0 radical (unpaired) electrons. The van der Waals surface area contributed by atoms with E-state index in [4.69, 9.17) is 4.74 Å². The van der Waals surface area contributed by atoms with Crippen LogP contribution >= 0.6 is 0 Å². The van der Waals surface area contributed by atoms with Gasteiger partial charge in [0.05, 0.1) is 10.6 Å². The van der Waals surface area contributed by atoms with E-state index in [-0.39, 0.29) is 30.4 Å². The molecule has 1 aliphatic rings. The van der Waals surface area contributed by atoms with Gasteiger partial charge in [-0.15, -0.1) is 0 Å². The second-order valence-electron chi connectivity index (χ2n) is 5.65. The van der Waals surface area contributed by atoms with Gasteiger partial charge in [0.15, 0.2) is 6.61 Å². The molecule has 2 amide bonds. The Hall–Kier alpha value is -3.43. The first-order valence-electron chi connectivity index (χ1n) is 8.00. The number of hydrogen-bond donors (Lipinski definition) is 1. The highest BCUT2D eigenvalue weighted by Crippen LogP contribution is 2.35. The van der Waals surface area contributed by atoms with Crippen LogP contribution in [0.1, 0.15) is 6.42 Å². The summed E-state index contributed by atoms with van der Waals surface area (Å²) >= 11 is 0. The molecule has 0 saturated heterocycles. The Morgan fingerprint density at radius 1 is 1.42 bits per heavy atom. The van der Waals surface area contributed by atoms with Crippen LogP contribution in [0.25, 0.3) is 0 Å². The van der Waals surface area contributed by atoms with Crippen molar-refractivity contribution in [2.75, 3.05) is 24.6 Å². The van der Waals surface area contributed by atoms with Crippen LogP contribution in [0, 0.1) is 10.1 Å². The van der Waals surface area contributed by atoms with E-state index in [1.165, 1.54) is 23.1 Å². The number of aryl methyl sites for hydroxylation is 1.